The lowest BCUT2D eigenvalue weighted by Gasteiger charge is -2.35. The van der Waals surface area contributed by atoms with Gasteiger partial charge in [-0.1, -0.05) is 23.2 Å². The number of aryl methyl sites for hydroxylation is 1. The van der Waals surface area contributed by atoms with Gasteiger partial charge in [0.2, 0.25) is 5.91 Å². The van der Waals surface area contributed by atoms with Crippen LogP contribution >= 0.6 is 23.2 Å². The molecule has 130 valence electrons. The summed E-state index contributed by atoms with van der Waals surface area (Å²) in [6, 6.07) is 3.33. The molecule has 0 radical (unpaired) electrons. The number of carbonyl (C=O) groups excluding carboxylic acids is 2. The van der Waals surface area contributed by atoms with Crippen molar-refractivity contribution < 1.29 is 14.3 Å². The molecule has 0 aromatic heterocycles. The number of rotatable bonds is 3. The van der Waals surface area contributed by atoms with Crippen molar-refractivity contribution in [3.63, 3.8) is 0 Å². The number of ketones is 1. The molecule has 1 aliphatic carbocycles. The fourth-order valence-corrected chi connectivity index (χ4v) is 4.75. The maximum atomic E-state index is 13.1. The van der Waals surface area contributed by atoms with E-state index in [-0.39, 0.29) is 11.7 Å². The van der Waals surface area contributed by atoms with E-state index in [0.29, 0.717) is 41.0 Å². The third-order valence-corrected chi connectivity index (χ3v) is 5.84. The van der Waals surface area contributed by atoms with Crippen LogP contribution in [0.25, 0.3) is 0 Å². The van der Waals surface area contributed by atoms with E-state index < -0.39 is 11.5 Å². The standard InChI is InChI=1S/C18H21Cl2NO3/c1-10-7-12(19)8-13(20)14(10)15-16(22)18(21-17(15)23)5-3-11(4-6-18)9-24-2/h7-8,11,15H,3-6,9H2,1-2H3,(H,21,23). The number of nitrogens with one attached hydrogen (secondary N) is 1. The first kappa shape index (κ1) is 17.7. The second-order valence-electron chi connectivity index (χ2n) is 6.89. The third kappa shape index (κ3) is 2.96. The number of hydrogen-bond acceptors (Lipinski definition) is 3. The molecule has 1 amide bonds. The van der Waals surface area contributed by atoms with E-state index in [9.17, 15) is 9.59 Å². The Labute approximate surface area is 151 Å². The number of Topliss-reactive ketones (excluding diaryl/α,β-unsaturated/α-hetero) is 1. The topological polar surface area (TPSA) is 55.4 Å². The van der Waals surface area contributed by atoms with E-state index in [4.69, 9.17) is 27.9 Å². The molecule has 1 aromatic rings. The fourth-order valence-electron chi connectivity index (χ4n) is 4.05. The molecular formula is C18H21Cl2NO3. The Hall–Kier alpha value is -1.10. The Morgan fingerprint density at radius 1 is 1.25 bits per heavy atom. The van der Waals surface area contributed by atoms with E-state index in [0.717, 1.165) is 18.4 Å². The third-order valence-electron chi connectivity index (χ3n) is 5.31. The van der Waals surface area contributed by atoms with Crippen molar-refractivity contribution in [2.24, 2.45) is 5.92 Å². The quantitative estimate of drug-likeness (QED) is 0.827. The molecule has 1 heterocycles. The van der Waals surface area contributed by atoms with Crippen LogP contribution in [0.5, 0.6) is 0 Å². The van der Waals surface area contributed by atoms with Gasteiger partial charge in [-0.05, 0) is 61.8 Å². The zero-order valence-corrected chi connectivity index (χ0v) is 15.3. The maximum Gasteiger partial charge on any atom is 0.236 e. The summed E-state index contributed by atoms with van der Waals surface area (Å²) in [6.45, 7) is 2.53. The van der Waals surface area contributed by atoms with E-state index in [1.165, 1.54) is 0 Å². The number of amides is 1. The molecule has 0 bridgehead atoms. The molecule has 6 heteroatoms. The molecule has 1 atom stereocenters. The minimum Gasteiger partial charge on any atom is -0.384 e. The van der Waals surface area contributed by atoms with Crippen LogP contribution < -0.4 is 5.32 Å². The lowest BCUT2D eigenvalue weighted by Crippen LogP contribution is -2.49. The number of benzene rings is 1. The Balaban J connectivity index is 1.88. The number of halogens is 2. The van der Waals surface area contributed by atoms with Crippen molar-refractivity contribution in [3.8, 4) is 0 Å². The van der Waals surface area contributed by atoms with E-state index in [1.54, 1.807) is 19.2 Å². The van der Waals surface area contributed by atoms with Crippen molar-refractivity contribution in [2.75, 3.05) is 13.7 Å². The van der Waals surface area contributed by atoms with Gasteiger partial charge in [0, 0.05) is 23.8 Å². The first-order valence-corrected chi connectivity index (χ1v) is 8.94. The second-order valence-corrected chi connectivity index (χ2v) is 7.73. The van der Waals surface area contributed by atoms with Gasteiger partial charge >= 0.3 is 0 Å². The van der Waals surface area contributed by atoms with Crippen molar-refractivity contribution in [2.45, 2.75) is 44.1 Å². The summed E-state index contributed by atoms with van der Waals surface area (Å²) >= 11 is 12.3. The lowest BCUT2D eigenvalue weighted by molar-refractivity contribution is -0.126. The summed E-state index contributed by atoms with van der Waals surface area (Å²) in [5, 5.41) is 3.85. The molecular weight excluding hydrogens is 349 g/mol. The van der Waals surface area contributed by atoms with Crippen LogP contribution in [-0.2, 0) is 14.3 Å². The summed E-state index contributed by atoms with van der Waals surface area (Å²) in [5.41, 5.74) is 0.604. The second kappa shape index (κ2) is 6.66. The highest BCUT2D eigenvalue weighted by Crippen LogP contribution is 2.43. The summed E-state index contributed by atoms with van der Waals surface area (Å²) in [7, 11) is 1.69. The molecule has 1 aromatic carbocycles. The van der Waals surface area contributed by atoms with Crippen molar-refractivity contribution in [1.82, 2.24) is 5.32 Å². The summed E-state index contributed by atoms with van der Waals surface area (Å²) in [5.74, 6) is -0.702. The van der Waals surface area contributed by atoms with Crippen molar-refractivity contribution >= 4 is 34.9 Å². The molecule has 3 rings (SSSR count). The summed E-state index contributed by atoms with van der Waals surface area (Å²) in [4.78, 5) is 25.7. The van der Waals surface area contributed by atoms with Gasteiger partial charge in [-0.25, -0.2) is 0 Å². The van der Waals surface area contributed by atoms with Gasteiger partial charge in [0.05, 0.1) is 5.54 Å². The average Bonchev–Trinajstić information content (AvgIpc) is 2.74. The summed E-state index contributed by atoms with van der Waals surface area (Å²) in [6.07, 6.45) is 3.07. The van der Waals surface area contributed by atoms with Gasteiger partial charge in [0.25, 0.3) is 0 Å². The highest BCUT2D eigenvalue weighted by atomic mass is 35.5. The minimum absolute atomic E-state index is 0.0595. The van der Waals surface area contributed by atoms with Crippen LogP contribution in [0.1, 0.15) is 42.7 Å². The van der Waals surface area contributed by atoms with Crippen molar-refractivity contribution in [3.05, 3.63) is 33.3 Å². The van der Waals surface area contributed by atoms with Crippen LogP contribution in [0.3, 0.4) is 0 Å². The van der Waals surface area contributed by atoms with Gasteiger partial charge in [0.15, 0.2) is 5.78 Å². The average molecular weight is 370 g/mol. The normalized spacial score (nSPS) is 30.0. The maximum absolute atomic E-state index is 13.1. The number of ether oxygens (including phenoxy) is 1. The van der Waals surface area contributed by atoms with Crippen LogP contribution in [0.4, 0.5) is 0 Å². The number of carbonyl (C=O) groups is 2. The molecule has 2 fully saturated rings. The predicted molar refractivity (Wildman–Crippen MR) is 93.7 cm³/mol. The van der Waals surface area contributed by atoms with Crippen LogP contribution in [0.15, 0.2) is 12.1 Å². The molecule has 1 unspecified atom stereocenters. The van der Waals surface area contributed by atoms with Crippen molar-refractivity contribution in [1.29, 1.82) is 0 Å². The molecule has 1 saturated heterocycles. The SMILES string of the molecule is COCC1CCC2(CC1)NC(=O)C(c1c(C)cc(Cl)cc1Cl)C2=O. The summed E-state index contributed by atoms with van der Waals surface area (Å²) < 4.78 is 5.21. The largest absolute Gasteiger partial charge is 0.384 e. The number of hydrogen-bond donors (Lipinski definition) is 1. The predicted octanol–water partition coefficient (Wildman–Crippen LogP) is 3.66. The van der Waals surface area contributed by atoms with Gasteiger partial charge in [0.1, 0.15) is 5.92 Å². The van der Waals surface area contributed by atoms with Crippen LogP contribution in [0.2, 0.25) is 10.0 Å². The Kier molecular flexibility index (Phi) is 4.92. The highest BCUT2D eigenvalue weighted by molar-refractivity contribution is 6.36. The molecule has 1 aliphatic heterocycles. The first-order chi connectivity index (χ1) is 11.4. The van der Waals surface area contributed by atoms with Gasteiger partial charge in [-0.3, -0.25) is 9.59 Å². The van der Waals surface area contributed by atoms with E-state index in [2.05, 4.69) is 5.32 Å². The first-order valence-electron chi connectivity index (χ1n) is 8.19. The minimum atomic E-state index is -0.839. The van der Waals surface area contributed by atoms with Gasteiger partial charge < -0.3 is 10.1 Å². The molecule has 1 saturated carbocycles. The van der Waals surface area contributed by atoms with Crippen LogP contribution in [-0.4, -0.2) is 30.9 Å². The fraction of sp³-hybridized carbons (Fsp3) is 0.556. The highest BCUT2D eigenvalue weighted by Gasteiger charge is 2.54. The van der Waals surface area contributed by atoms with E-state index in [1.807, 2.05) is 6.92 Å². The Morgan fingerprint density at radius 2 is 1.92 bits per heavy atom. The van der Waals surface area contributed by atoms with Gasteiger partial charge in [-0.15, -0.1) is 0 Å². The van der Waals surface area contributed by atoms with Crippen LogP contribution in [0, 0.1) is 12.8 Å². The molecule has 4 nitrogen and oxygen atoms in total. The van der Waals surface area contributed by atoms with E-state index >= 15 is 0 Å². The molecule has 24 heavy (non-hydrogen) atoms. The Morgan fingerprint density at radius 3 is 2.50 bits per heavy atom. The molecule has 2 aliphatic rings. The van der Waals surface area contributed by atoms with Gasteiger partial charge in [-0.2, -0.15) is 0 Å². The monoisotopic (exact) mass is 369 g/mol. The smallest absolute Gasteiger partial charge is 0.236 e. The molecule has 1 N–H and O–H groups in total. The zero-order chi connectivity index (χ0) is 17.5. The lowest BCUT2D eigenvalue weighted by atomic mass is 9.73. The zero-order valence-electron chi connectivity index (χ0n) is 13.8. The Bertz CT molecular complexity index is 658. The molecule has 1 spiro atoms. The number of methoxy groups -OCH3 is 1.